The molecule has 1 aromatic carbocycles. The number of aromatic nitrogens is 3. The Hall–Kier alpha value is -1.46. The van der Waals surface area contributed by atoms with Crippen LogP contribution in [0.5, 0.6) is 0 Å². The van der Waals surface area contributed by atoms with Crippen LogP contribution in [0.25, 0.3) is 0 Å². The molecule has 1 N–H and O–H groups in total. The summed E-state index contributed by atoms with van der Waals surface area (Å²) in [5, 5.41) is 7.94. The second-order valence-electron chi connectivity index (χ2n) is 4.87. The van der Waals surface area contributed by atoms with Crippen LogP contribution in [-0.4, -0.2) is 21.3 Å². The fourth-order valence-electron chi connectivity index (χ4n) is 2.29. The molecule has 0 saturated heterocycles. The average Bonchev–Trinajstić information content (AvgIpc) is 2.91. The Morgan fingerprint density at radius 2 is 2.19 bits per heavy atom. The molecule has 1 unspecified atom stereocenters. The second kappa shape index (κ2) is 7.52. The summed E-state index contributed by atoms with van der Waals surface area (Å²) in [6.45, 7) is 5.65. The van der Waals surface area contributed by atoms with E-state index in [0.717, 1.165) is 25.3 Å². The topological polar surface area (TPSA) is 42.7 Å². The molecule has 0 spiro atoms. The van der Waals surface area contributed by atoms with E-state index in [9.17, 15) is 4.39 Å². The van der Waals surface area contributed by atoms with Gasteiger partial charge in [0.15, 0.2) is 0 Å². The lowest BCUT2D eigenvalue weighted by atomic mass is 10.0. The third kappa shape index (κ3) is 4.02. The molecule has 1 heterocycles. The Bertz CT molecular complexity index is 585. The summed E-state index contributed by atoms with van der Waals surface area (Å²) >= 11 is 5.83. The monoisotopic (exact) mass is 310 g/mol. The molecule has 0 radical (unpaired) electrons. The van der Waals surface area contributed by atoms with Gasteiger partial charge in [0.25, 0.3) is 0 Å². The molecule has 0 bridgehead atoms. The molecule has 4 nitrogen and oxygen atoms in total. The highest BCUT2D eigenvalue weighted by atomic mass is 35.5. The van der Waals surface area contributed by atoms with Crippen LogP contribution in [-0.2, 0) is 13.0 Å². The van der Waals surface area contributed by atoms with Gasteiger partial charge in [0.05, 0.1) is 0 Å². The van der Waals surface area contributed by atoms with Gasteiger partial charge in [-0.2, -0.15) is 5.10 Å². The van der Waals surface area contributed by atoms with Gasteiger partial charge in [0.1, 0.15) is 18.0 Å². The zero-order valence-electron chi connectivity index (χ0n) is 12.3. The van der Waals surface area contributed by atoms with Gasteiger partial charge in [0.2, 0.25) is 0 Å². The summed E-state index contributed by atoms with van der Waals surface area (Å²) < 4.78 is 16.0. The lowest BCUT2D eigenvalue weighted by molar-refractivity contribution is 0.474. The normalized spacial score (nSPS) is 12.6. The van der Waals surface area contributed by atoms with Crippen LogP contribution in [0.15, 0.2) is 24.5 Å². The number of halogens is 2. The van der Waals surface area contributed by atoms with Crippen LogP contribution in [0.2, 0.25) is 5.02 Å². The molecule has 0 saturated carbocycles. The van der Waals surface area contributed by atoms with E-state index in [0.29, 0.717) is 17.0 Å². The van der Waals surface area contributed by atoms with Crippen molar-refractivity contribution in [2.24, 2.45) is 0 Å². The van der Waals surface area contributed by atoms with Crippen molar-refractivity contribution in [3.05, 3.63) is 46.8 Å². The Kier molecular flexibility index (Phi) is 5.70. The molecule has 0 aliphatic rings. The first-order chi connectivity index (χ1) is 10.2. The highest BCUT2D eigenvalue weighted by Crippen LogP contribution is 2.23. The first-order valence-electron chi connectivity index (χ1n) is 7.20. The molecule has 0 aliphatic carbocycles. The maximum absolute atomic E-state index is 14.2. The number of hydrogen-bond donors (Lipinski definition) is 1. The molecule has 6 heteroatoms. The van der Waals surface area contributed by atoms with Crippen molar-refractivity contribution < 1.29 is 4.39 Å². The Labute approximate surface area is 129 Å². The van der Waals surface area contributed by atoms with E-state index in [-0.39, 0.29) is 11.9 Å². The summed E-state index contributed by atoms with van der Waals surface area (Å²) in [7, 11) is 0. The molecule has 0 fully saturated rings. The van der Waals surface area contributed by atoms with Gasteiger partial charge in [0, 0.05) is 29.6 Å². The van der Waals surface area contributed by atoms with Gasteiger partial charge in [-0.15, -0.1) is 0 Å². The number of nitrogens with one attached hydrogen (secondary N) is 1. The quantitative estimate of drug-likeness (QED) is 0.852. The van der Waals surface area contributed by atoms with Crippen molar-refractivity contribution in [2.75, 3.05) is 6.54 Å². The average molecular weight is 311 g/mol. The molecule has 1 aromatic heterocycles. The minimum Gasteiger partial charge on any atom is -0.309 e. The minimum atomic E-state index is -0.293. The van der Waals surface area contributed by atoms with Crippen LogP contribution < -0.4 is 5.32 Å². The first kappa shape index (κ1) is 15.9. The predicted octanol–water partition coefficient (Wildman–Crippen LogP) is 3.37. The fourth-order valence-corrected chi connectivity index (χ4v) is 2.45. The lowest BCUT2D eigenvalue weighted by Gasteiger charge is -2.19. The van der Waals surface area contributed by atoms with Gasteiger partial charge >= 0.3 is 0 Å². The summed E-state index contributed by atoms with van der Waals surface area (Å²) in [6, 6.07) is 4.65. The molecule has 2 rings (SSSR count). The highest BCUT2D eigenvalue weighted by Gasteiger charge is 2.18. The smallest absolute Gasteiger partial charge is 0.138 e. The third-order valence-corrected chi connectivity index (χ3v) is 3.60. The third-order valence-electron chi connectivity index (χ3n) is 3.36. The van der Waals surface area contributed by atoms with E-state index in [1.54, 1.807) is 12.1 Å². The number of hydrogen-bond acceptors (Lipinski definition) is 3. The maximum Gasteiger partial charge on any atom is 0.138 e. The SMILES string of the molecule is CCCNC(Cc1ncnn1CC)c1ccc(Cl)cc1F. The zero-order valence-corrected chi connectivity index (χ0v) is 13.1. The minimum absolute atomic E-state index is 0.142. The molecule has 114 valence electrons. The van der Waals surface area contributed by atoms with E-state index >= 15 is 0 Å². The van der Waals surface area contributed by atoms with Crippen LogP contribution in [0.3, 0.4) is 0 Å². The van der Waals surface area contributed by atoms with Crippen LogP contribution in [0, 0.1) is 5.82 Å². The van der Waals surface area contributed by atoms with Crippen LogP contribution in [0.1, 0.15) is 37.7 Å². The maximum atomic E-state index is 14.2. The summed E-state index contributed by atoms with van der Waals surface area (Å²) in [4.78, 5) is 4.27. The largest absolute Gasteiger partial charge is 0.309 e. The van der Waals surface area contributed by atoms with Crippen molar-refractivity contribution in [3.8, 4) is 0 Å². The second-order valence-corrected chi connectivity index (χ2v) is 5.31. The van der Waals surface area contributed by atoms with Gasteiger partial charge in [-0.3, -0.25) is 4.68 Å². The fraction of sp³-hybridized carbons (Fsp3) is 0.467. The van der Waals surface area contributed by atoms with Crippen molar-refractivity contribution >= 4 is 11.6 Å². The van der Waals surface area contributed by atoms with E-state index in [1.807, 2.05) is 11.6 Å². The van der Waals surface area contributed by atoms with Gasteiger partial charge in [-0.05, 0) is 32.0 Å². The molecule has 2 aromatic rings. The molecule has 1 atom stereocenters. The lowest BCUT2D eigenvalue weighted by Crippen LogP contribution is -2.26. The zero-order chi connectivity index (χ0) is 15.2. The van der Waals surface area contributed by atoms with E-state index in [4.69, 9.17) is 11.6 Å². The van der Waals surface area contributed by atoms with Crippen molar-refractivity contribution in [2.45, 2.75) is 39.3 Å². The van der Waals surface area contributed by atoms with Gasteiger partial charge in [-0.25, -0.2) is 9.37 Å². The van der Waals surface area contributed by atoms with E-state index < -0.39 is 0 Å². The molecule has 0 aliphatic heterocycles. The van der Waals surface area contributed by atoms with E-state index in [2.05, 4.69) is 22.3 Å². The molecule has 21 heavy (non-hydrogen) atoms. The van der Waals surface area contributed by atoms with Gasteiger partial charge < -0.3 is 5.32 Å². The Morgan fingerprint density at radius 3 is 2.86 bits per heavy atom. The Balaban J connectivity index is 2.25. The van der Waals surface area contributed by atoms with Gasteiger partial charge in [-0.1, -0.05) is 24.6 Å². The van der Waals surface area contributed by atoms with E-state index in [1.165, 1.54) is 12.4 Å². The predicted molar refractivity (Wildman–Crippen MR) is 81.8 cm³/mol. The number of nitrogens with zero attached hydrogens (tertiary/aromatic N) is 3. The van der Waals surface area contributed by atoms with Crippen LogP contribution >= 0.6 is 11.6 Å². The standard InChI is InChI=1S/C15H20ClFN4/c1-3-7-18-14(9-15-19-10-20-21(15)4-2)12-6-5-11(16)8-13(12)17/h5-6,8,10,14,18H,3-4,7,9H2,1-2H3. The van der Waals surface area contributed by atoms with Crippen molar-refractivity contribution in [1.29, 1.82) is 0 Å². The number of benzene rings is 1. The summed E-state index contributed by atoms with van der Waals surface area (Å²) in [5.74, 6) is 0.555. The molecule has 0 amide bonds. The van der Waals surface area contributed by atoms with Crippen LogP contribution in [0.4, 0.5) is 4.39 Å². The van der Waals surface area contributed by atoms with Crippen molar-refractivity contribution in [1.82, 2.24) is 20.1 Å². The summed E-state index contributed by atoms with van der Waals surface area (Å²) in [6.07, 6.45) is 3.10. The number of rotatable bonds is 7. The Morgan fingerprint density at radius 1 is 1.38 bits per heavy atom. The number of aryl methyl sites for hydroxylation is 1. The van der Waals surface area contributed by atoms with Crippen molar-refractivity contribution in [3.63, 3.8) is 0 Å². The molecular formula is C15H20ClFN4. The first-order valence-corrected chi connectivity index (χ1v) is 7.58. The highest BCUT2D eigenvalue weighted by molar-refractivity contribution is 6.30. The summed E-state index contributed by atoms with van der Waals surface area (Å²) in [5.41, 5.74) is 0.610. The molecular weight excluding hydrogens is 291 g/mol.